The zero-order chi connectivity index (χ0) is 9.99. The van der Waals surface area contributed by atoms with E-state index in [1.54, 1.807) is 0 Å². The topological polar surface area (TPSA) is 0 Å². The third kappa shape index (κ3) is 2.86. The molecule has 1 radical (unpaired) electrons. The molecule has 0 N–H and O–H groups in total. The average Bonchev–Trinajstić information content (AvgIpc) is 1.84. The maximum atomic E-state index is 11.9. The quantitative estimate of drug-likeness (QED) is 0.610. The van der Waals surface area contributed by atoms with Crippen molar-refractivity contribution in [2.24, 2.45) is 0 Å². The molecule has 0 aliphatic carbocycles. The SMILES string of the molecule is F[CH]CC(F)(F)C(F)C(F)(F)F. The first-order valence-electron chi connectivity index (χ1n) is 2.72. The standard InChI is InChI=1S/C5H4F7/c6-2-1-4(8,9)3(7)5(10,11)12/h2-3H,1H2. The molecule has 0 spiro atoms. The van der Waals surface area contributed by atoms with Crippen molar-refractivity contribution in [2.45, 2.75) is 24.7 Å². The van der Waals surface area contributed by atoms with Gasteiger partial charge < -0.3 is 0 Å². The summed E-state index contributed by atoms with van der Waals surface area (Å²) in [6, 6.07) is 0. The Balaban J connectivity index is 4.34. The van der Waals surface area contributed by atoms with Gasteiger partial charge in [0.25, 0.3) is 12.1 Å². The van der Waals surface area contributed by atoms with E-state index in [4.69, 9.17) is 0 Å². The molecule has 0 aromatic heterocycles. The van der Waals surface area contributed by atoms with Gasteiger partial charge in [-0.1, -0.05) is 0 Å². The van der Waals surface area contributed by atoms with Crippen LogP contribution in [-0.4, -0.2) is 18.3 Å². The lowest BCUT2D eigenvalue weighted by molar-refractivity contribution is -0.244. The van der Waals surface area contributed by atoms with E-state index >= 15 is 0 Å². The Labute approximate surface area is 63.4 Å². The van der Waals surface area contributed by atoms with E-state index in [9.17, 15) is 30.7 Å². The lowest BCUT2D eigenvalue weighted by Crippen LogP contribution is -2.41. The van der Waals surface area contributed by atoms with E-state index in [0.717, 1.165) is 0 Å². The number of hydrogen-bond donors (Lipinski definition) is 0. The van der Waals surface area contributed by atoms with Gasteiger partial charge in [-0.25, -0.2) is 17.6 Å². The Bertz CT molecular complexity index is 137. The number of halogens is 7. The van der Waals surface area contributed by atoms with Crippen molar-refractivity contribution < 1.29 is 30.7 Å². The normalized spacial score (nSPS) is 16.2. The van der Waals surface area contributed by atoms with Crippen molar-refractivity contribution in [3.8, 4) is 0 Å². The summed E-state index contributed by atoms with van der Waals surface area (Å²) < 4.78 is 80.6. The van der Waals surface area contributed by atoms with Gasteiger partial charge in [0.2, 0.25) is 0 Å². The maximum absolute atomic E-state index is 11.9. The van der Waals surface area contributed by atoms with E-state index in [1.807, 2.05) is 0 Å². The van der Waals surface area contributed by atoms with Crippen molar-refractivity contribution in [3.63, 3.8) is 0 Å². The van der Waals surface area contributed by atoms with Gasteiger partial charge >= 0.3 is 6.18 Å². The third-order valence-corrected chi connectivity index (χ3v) is 1.01. The van der Waals surface area contributed by atoms with E-state index < -0.39 is 31.4 Å². The fraction of sp³-hybridized carbons (Fsp3) is 0.800. The van der Waals surface area contributed by atoms with Gasteiger partial charge in [0.05, 0.1) is 0 Å². The van der Waals surface area contributed by atoms with Crippen LogP contribution in [0, 0.1) is 6.67 Å². The highest BCUT2D eigenvalue weighted by atomic mass is 19.4. The third-order valence-electron chi connectivity index (χ3n) is 1.01. The van der Waals surface area contributed by atoms with E-state index in [1.165, 1.54) is 0 Å². The largest absolute Gasteiger partial charge is 0.425 e. The van der Waals surface area contributed by atoms with Crippen LogP contribution in [0.3, 0.4) is 0 Å². The summed E-state index contributed by atoms with van der Waals surface area (Å²) in [5.41, 5.74) is 0. The second-order valence-electron chi connectivity index (χ2n) is 2.02. The first-order valence-corrected chi connectivity index (χ1v) is 2.72. The lowest BCUT2D eigenvalue weighted by atomic mass is 10.1. The van der Waals surface area contributed by atoms with Crippen LogP contribution < -0.4 is 0 Å². The van der Waals surface area contributed by atoms with E-state index in [2.05, 4.69) is 0 Å². The van der Waals surface area contributed by atoms with Gasteiger partial charge in [0.15, 0.2) is 0 Å². The number of rotatable bonds is 3. The van der Waals surface area contributed by atoms with Crippen molar-refractivity contribution in [1.29, 1.82) is 0 Å². The summed E-state index contributed by atoms with van der Waals surface area (Å²) >= 11 is 0. The van der Waals surface area contributed by atoms with Gasteiger partial charge in [0, 0.05) is 6.42 Å². The Hall–Kier alpha value is -0.490. The fourth-order valence-electron chi connectivity index (χ4n) is 0.446. The molecule has 0 amide bonds. The number of hydrogen-bond acceptors (Lipinski definition) is 0. The van der Waals surface area contributed by atoms with Crippen LogP contribution in [-0.2, 0) is 0 Å². The van der Waals surface area contributed by atoms with Crippen LogP contribution in [0.2, 0.25) is 0 Å². The smallest absolute Gasteiger partial charge is 0.244 e. The van der Waals surface area contributed by atoms with Crippen molar-refractivity contribution in [1.82, 2.24) is 0 Å². The molecule has 0 aromatic rings. The van der Waals surface area contributed by atoms with Crippen LogP contribution in [0.25, 0.3) is 0 Å². The molecule has 0 aliphatic heterocycles. The Kier molecular flexibility index (Phi) is 3.34. The van der Waals surface area contributed by atoms with E-state index in [0.29, 0.717) is 0 Å². The molecule has 0 saturated carbocycles. The summed E-state index contributed by atoms with van der Waals surface area (Å²) in [6.07, 6.45) is -11.9. The van der Waals surface area contributed by atoms with Gasteiger partial charge in [-0.05, 0) is 0 Å². The molecule has 0 saturated heterocycles. The van der Waals surface area contributed by atoms with Crippen LogP contribution in [0.15, 0.2) is 0 Å². The first-order chi connectivity index (χ1) is 5.22. The second-order valence-corrected chi connectivity index (χ2v) is 2.02. The minimum absolute atomic E-state index is 0.710. The summed E-state index contributed by atoms with van der Waals surface area (Å²) in [4.78, 5) is 0. The Morgan fingerprint density at radius 3 is 1.75 bits per heavy atom. The molecule has 1 unspecified atom stereocenters. The van der Waals surface area contributed by atoms with Gasteiger partial charge in [-0.3, -0.25) is 0 Å². The Morgan fingerprint density at radius 1 is 1.08 bits per heavy atom. The minimum atomic E-state index is -5.66. The minimum Gasteiger partial charge on any atom is -0.244 e. The highest BCUT2D eigenvalue weighted by molar-refractivity contribution is 4.84. The molecule has 0 rings (SSSR count). The van der Waals surface area contributed by atoms with Crippen LogP contribution >= 0.6 is 0 Å². The highest BCUT2D eigenvalue weighted by Crippen LogP contribution is 2.37. The summed E-state index contributed by atoms with van der Waals surface area (Å²) in [5, 5.41) is 0. The molecule has 12 heavy (non-hydrogen) atoms. The van der Waals surface area contributed by atoms with E-state index in [-0.39, 0.29) is 0 Å². The van der Waals surface area contributed by atoms with Crippen LogP contribution in [0.5, 0.6) is 0 Å². The molecule has 0 fully saturated rings. The molecule has 0 heterocycles. The zero-order valence-electron chi connectivity index (χ0n) is 5.51. The summed E-state index contributed by atoms with van der Waals surface area (Å²) in [7, 11) is 0. The molecule has 0 nitrogen and oxygen atoms in total. The molecular weight excluding hydrogens is 193 g/mol. The van der Waals surface area contributed by atoms with Gasteiger partial charge in [-0.15, -0.1) is 0 Å². The predicted molar refractivity (Wildman–Crippen MR) is 25.9 cm³/mol. The molecular formula is C5H4F7. The summed E-state index contributed by atoms with van der Waals surface area (Å²) in [6.45, 7) is -0.710. The molecule has 0 bridgehead atoms. The zero-order valence-corrected chi connectivity index (χ0v) is 5.51. The molecule has 7 heteroatoms. The highest BCUT2D eigenvalue weighted by Gasteiger charge is 2.56. The molecule has 1 atom stereocenters. The second kappa shape index (κ2) is 3.49. The Morgan fingerprint density at radius 2 is 1.50 bits per heavy atom. The molecule has 0 aliphatic rings. The maximum Gasteiger partial charge on any atom is 0.425 e. The van der Waals surface area contributed by atoms with Crippen molar-refractivity contribution >= 4 is 0 Å². The van der Waals surface area contributed by atoms with Crippen LogP contribution in [0.4, 0.5) is 30.7 Å². The summed E-state index contributed by atoms with van der Waals surface area (Å²) in [5.74, 6) is -4.73. The molecule has 73 valence electrons. The number of alkyl halides is 6. The van der Waals surface area contributed by atoms with Crippen molar-refractivity contribution in [2.75, 3.05) is 0 Å². The van der Waals surface area contributed by atoms with Crippen LogP contribution in [0.1, 0.15) is 6.42 Å². The van der Waals surface area contributed by atoms with Gasteiger partial charge in [-0.2, -0.15) is 13.2 Å². The monoisotopic (exact) mass is 197 g/mol. The van der Waals surface area contributed by atoms with Crippen molar-refractivity contribution in [3.05, 3.63) is 6.67 Å². The van der Waals surface area contributed by atoms with Gasteiger partial charge in [0.1, 0.15) is 6.67 Å². The predicted octanol–water partition coefficient (Wildman–Crippen LogP) is 3.04. The first kappa shape index (κ1) is 11.5. The molecule has 0 aromatic carbocycles. The lowest BCUT2D eigenvalue weighted by Gasteiger charge is -2.20. The average molecular weight is 197 g/mol. The fourth-order valence-corrected chi connectivity index (χ4v) is 0.446.